The quantitative estimate of drug-likeness (QED) is 0.752. The normalized spacial score (nSPS) is 21.2. The molecule has 1 N–H and O–H groups in total. The van der Waals surface area contributed by atoms with Crippen LogP contribution in [0.3, 0.4) is 0 Å². The van der Waals surface area contributed by atoms with Gasteiger partial charge in [-0.15, -0.1) is 12.4 Å². The fourth-order valence-electron chi connectivity index (χ4n) is 1.47. The summed E-state index contributed by atoms with van der Waals surface area (Å²) >= 11 is 0. The summed E-state index contributed by atoms with van der Waals surface area (Å²) < 4.78 is 61.0. The van der Waals surface area contributed by atoms with Crippen LogP contribution in [-0.4, -0.2) is 49.7 Å². The minimum absolute atomic E-state index is 0. The molecule has 1 aliphatic rings. The van der Waals surface area contributed by atoms with Gasteiger partial charge in [-0.3, -0.25) is 4.90 Å². The zero-order valence-corrected chi connectivity index (χ0v) is 8.54. The molecule has 0 aliphatic carbocycles. The van der Waals surface area contributed by atoms with Crippen LogP contribution < -0.4 is 5.32 Å². The monoisotopic (exact) mass is 254 g/mol. The Hall–Kier alpha value is -0.140. The molecule has 0 bridgehead atoms. The SMILES string of the molecule is Cl.FC(F)C(N1CCNCC1)C(F)(F)F. The fourth-order valence-corrected chi connectivity index (χ4v) is 1.47. The molecule has 0 amide bonds. The average molecular weight is 255 g/mol. The van der Waals surface area contributed by atoms with Gasteiger partial charge in [0.25, 0.3) is 6.43 Å². The van der Waals surface area contributed by atoms with Crippen molar-refractivity contribution in [3.8, 4) is 0 Å². The van der Waals surface area contributed by atoms with Gasteiger partial charge in [-0.25, -0.2) is 8.78 Å². The summed E-state index contributed by atoms with van der Waals surface area (Å²) in [6.07, 6.45) is -8.24. The summed E-state index contributed by atoms with van der Waals surface area (Å²) in [5.41, 5.74) is 0. The largest absolute Gasteiger partial charge is 0.409 e. The van der Waals surface area contributed by atoms with E-state index in [1.165, 1.54) is 0 Å². The first-order valence-corrected chi connectivity index (χ1v) is 4.22. The highest BCUT2D eigenvalue weighted by molar-refractivity contribution is 5.85. The maximum atomic E-state index is 12.2. The second kappa shape index (κ2) is 5.81. The summed E-state index contributed by atoms with van der Waals surface area (Å²) in [6, 6.07) is -2.62. The van der Waals surface area contributed by atoms with E-state index in [4.69, 9.17) is 0 Å². The van der Waals surface area contributed by atoms with Crippen molar-refractivity contribution < 1.29 is 22.0 Å². The van der Waals surface area contributed by atoms with E-state index in [0.717, 1.165) is 4.90 Å². The lowest BCUT2D eigenvalue weighted by Gasteiger charge is -2.35. The molecule has 1 rings (SSSR count). The van der Waals surface area contributed by atoms with Gasteiger partial charge in [0.05, 0.1) is 0 Å². The maximum Gasteiger partial charge on any atom is 0.409 e. The van der Waals surface area contributed by atoms with Crippen LogP contribution in [-0.2, 0) is 0 Å². The lowest BCUT2D eigenvalue weighted by Crippen LogP contribution is -2.56. The van der Waals surface area contributed by atoms with Gasteiger partial charge < -0.3 is 5.32 Å². The average Bonchev–Trinajstić information content (AvgIpc) is 2.02. The molecular formula is C7H12ClF5N2. The summed E-state index contributed by atoms with van der Waals surface area (Å²) in [5.74, 6) is 0. The topological polar surface area (TPSA) is 15.3 Å². The number of alkyl halides is 5. The molecule has 1 fully saturated rings. The molecule has 1 saturated heterocycles. The Morgan fingerprint density at radius 3 is 1.87 bits per heavy atom. The van der Waals surface area contributed by atoms with Crippen molar-refractivity contribution in [1.82, 2.24) is 10.2 Å². The van der Waals surface area contributed by atoms with Crippen LogP contribution in [0, 0.1) is 0 Å². The lowest BCUT2D eigenvalue weighted by atomic mass is 10.2. The van der Waals surface area contributed by atoms with Gasteiger partial charge in [0.1, 0.15) is 0 Å². The molecule has 15 heavy (non-hydrogen) atoms. The van der Waals surface area contributed by atoms with Gasteiger partial charge in [0.2, 0.25) is 0 Å². The Kier molecular flexibility index (Phi) is 5.76. The van der Waals surface area contributed by atoms with Crippen LogP contribution in [0.5, 0.6) is 0 Å². The Balaban J connectivity index is 0.00000196. The first kappa shape index (κ1) is 14.9. The third kappa shape index (κ3) is 4.08. The molecule has 0 aromatic heterocycles. The molecule has 1 aliphatic heterocycles. The van der Waals surface area contributed by atoms with Crippen molar-refractivity contribution in [3.05, 3.63) is 0 Å². The van der Waals surface area contributed by atoms with Crippen LogP contribution in [0.4, 0.5) is 22.0 Å². The number of rotatable bonds is 2. The molecule has 0 aromatic carbocycles. The summed E-state index contributed by atoms with van der Waals surface area (Å²) in [5, 5.41) is 2.81. The Morgan fingerprint density at radius 2 is 1.53 bits per heavy atom. The second-order valence-corrected chi connectivity index (χ2v) is 3.11. The predicted molar refractivity (Wildman–Crippen MR) is 47.5 cm³/mol. The predicted octanol–water partition coefficient (Wildman–Crippen LogP) is 1.51. The minimum Gasteiger partial charge on any atom is -0.314 e. The molecule has 0 radical (unpaired) electrons. The summed E-state index contributed by atoms with van der Waals surface area (Å²) in [6.45, 7) is 0.654. The van der Waals surface area contributed by atoms with E-state index < -0.39 is 18.6 Å². The third-order valence-corrected chi connectivity index (χ3v) is 2.12. The van der Waals surface area contributed by atoms with Gasteiger partial charge in [-0.05, 0) is 0 Å². The van der Waals surface area contributed by atoms with E-state index in [9.17, 15) is 22.0 Å². The number of nitrogens with zero attached hydrogens (tertiary/aromatic N) is 1. The molecule has 92 valence electrons. The number of hydrogen-bond donors (Lipinski definition) is 1. The van der Waals surface area contributed by atoms with Crippen molar-refractivity contribution >= 4 is 12.4 Å². The van der Waals surface area contributed by atoms with E-state index in [1.54, 1.807) is 0 Å². The first-order chi connectivity index (χ1) is 6.43. The summed E-state index contributed by atoms with van der Waals surface area (Å²) in [7, 11) is 0. The molecule has 1 unspecified atom stereocenters. The smallest absolute Gasteiger partial charge is 0.314 e. The van der Waals surface area contributed by atoms with E-state index >= 15 is 0 Å². The third-order valence-electron chi connectivity index (χ3n) is 2.12. The minimum atomic E-state index is -4.86. The Labute approximate surface area is 90.2 Å². The zero-order valence-electron chi connectivity index (χ0n) is 7.73. The molecule has 0 saturated carbocycles. The fraction of sp³-hybridized carbons (Fsp3) is 1.00. The van der Waals surface area contributed by atoms with Gasteiger partial charge in [0.15, 0.2) is 6.04 Å². The van der Waals surface area contributed by atoms with Gasteiger partial charge in [-0.1, -0.05) is 0 Å². The summed E-state index contributed by atoms with van der Waals surface area (Å²) in [4.78, 5) is 0.779. The molecule has 8 heteroatoms. The van der Waals surface area contributed by atoms with E-state index in [2.05, 4.69) is 5.32 Å². The number of piperazine rings is 1. The highest BCUT2D eigenvalue weighted by Gasteiger charge is 2.49. The Bertz CT molecular complexity index is 181. The first-order valence-electron chi connectivity index (χ1n) is 4.22. The van der Waals surface area contributed by atoms with Crippen molar-refractivity contribution in [3.63, 3.8) is 0 Å². The number of halogens is 6. The van der Waals surface area contributed by atoms with Gasteiger partial charge in [-0.2, -0.15) is 13.2 Å². The van der Waals surface area contributed by atoms with Gasteiger partial charge in [0, 0.05) is 26.2 Å². The highest BCUT2D eigenvalue weighted by Crippen LogP contribution is 2.29. The molecule has 0 aromatic rings. The van der Waals surface area contributed by atoms with Crippen LogP contribution >= 0.6 is 12.4 Å². The Morgan fingerprint density at radius 1 is 1.07 bits per heavy atom. The van der Waals surface area contributed by atoms with E-state index in [1.807, 2.05) is 0 Å². The van der Waals surface area contributed by atoms with Crippen LogP contribution in [0.25, 0.3) is 0 Å². The van der Waals surface area contributed by atoms with Gasteiger partial charge >= 0.3 is 6.18 Å². The molecular weight excluding hydrogens is 243 g/mol. The van der Waals surface area contributed by atoms with Crippen LogP contribution in [0.15, 0.2) is 0 Å². The van der Waals surface area contributed by atoms with Crippen molar-refractivity contribution in [2.45, 2.75) is 18.6 Å². The maximum absolute atomic E-state index is 12.2. The number of hydrogen-bond acceptors (Lipinski definition) is 2. The van der Waals surface area contributed by atoms with Crippen LogP contribution in [0.2, 0.25) is 0 Å². The number of nitrogens with one attached hydrogen (secondary N) is 1. The molecule has 0 spiro atoms. The van der Waals surface area contributed by atoms with Crippen LogP contribution in [0.1, 0.15) is 0 Å². The van der Waals surface area contributed by atoms with E-state index in [0.29, 0.717) is 13.1 Å². The van der Waals surface area contributed by atoms with E-state index in [-0.39, 0.29) is 25.5 Å². The zero-order chi connectivity index (χ0) is 10.8. The standard InChI is InChI=1S/C7H11F5N2.ClH/c8-6(9)5(7(10,11)12)14-3-1-13-2-4-14;/h5-6,13H,1-4H2;1H. The van der Waals surface area contributed by atoms with Crippen molar-refractivity contribution in [2.75, 3.05) is 26.2 Å². The van der Waals surface area contributed by atoms with Crippen molar-refractivity contribution in [2.24, 2.45) is 0 Å². The lowest BCUT2D eigenvalue weighted by molar-refractivity contribution is -0.216. The highest BCUT2D eigenvalue weighted by atomic mass is 35.5. The molecule has 1 atom stereocenters. The van der Waals surface area contributed by atoms with Crippen molar-refractivity contribution in [1.29, 1.82) is 0 Å². The molecule has 2 nitrogen and oxygen atoms in total. The second-order valence-electron chi connectivity index (χ2n) is 3.11. The molecule has 1 heterocycles.